The highest BCUT2D eigenvalue weighted by atomic mass is 32.2. The van der Waals surface area contributed by atoms with Gasteiger partial charge in [0.2, 0.25) is 10.0 Å². The van der Waals surface area contributed by atoms with Crippen molar-refractivity contribution in [1.29, 1.82) is 0 Å². The van der Waals surface area contributed by atoms with Crippen LogP contribution < -0.4 is 15.0 Å². The predicted molar refractivity (Wildman–Crippen MR) is 102 cm³/mol. The van der Waals surface area contributed by atoms with Gasteiger partial charge in [0.15, 0.2) is 0 Å². The smallest absolute Gasteiger partial charge is 0.266 e. The summed E-state index contributed by atoms with van der Waals surface area (Å²) in [6.07, 6.45) is 0. The van der Waals surface area contributed by atoms with Crippen LogP contribution in [0.15, 0.2) is 64.3 Å². The molecule has 0 aliphatic heterocycles. The zero-order chi connectivity index (χ0) is 21.0. The molecule has 2 aromatic carbocycles. The highest BCUT2D eigenvalue weighted by Gasteiger charge is 2.19. The Labute approximate surface area is 165 Å². The van der Waals surface area contributed by atoms with Crippen LogP contribution in [-0.4, -0.2) is 31.9 Å². The number of hydrogen-bond acceptors (Lipinski definition) is 5. The van der Waals surface area contributed by atoms with E-state index in [2.05, 4.69) is 9.82 Å². The minimum absolute atomic E-state index is 0.0982. The zero-order valence-corrected chi connectivity index (χ0v) is 16.1. The van der Waals surface area contributed by atoms with Gasteiger partial charge in [-0.2, -0.15) is 5.10 Å². The van der Waals surface area contributed by atoms with Crippen LogP contribution in [0.4, 0.5) is 8.78 Å². The van der Waals surface area contributed by atoms with Crippen molar-refractivity contribution < 1.29 is 21.9 Å². The molecular weight excluding hydrogens is 404 g/mol. The maximum Gasteiger partial charge on any atom is 0.266 e. The molecule has 1 heterocycles. The Balaban J connectivity index is 1.75. The molecule has 0 aliphatic carbocycles. The average Bonchev–Trinajstić information content (AvgIpc) is 2.71. The summed E-state index contributed by atoms with van der Waals surface area (Å²) in [5.41, 5.74) is 0.812. The third-order valence-corrected chi connectivity index (χ3v) is 5.53. The maximum atomic E-state index is 13.7. The number of methoxy groups -OCH3 is 1. The van der Waals surface area contributed by atoms with E-state index in [9.17, 15) is 22.0 Å². The Morgan fingerprint density at radius 2 is 1.79 bits per heavy atom. The van der Waals surface area contributed by atoms with Gasteiger partial charge in [-0.1, -0.05) is 0 Å². The molecule has 0 saturated heterocycles. The third-order valence-electron chi connectivity index (χ3n) is 4.05. The molecule has 1 aromatic heterocycles. The van der Waals surface area contributed by atoms with Gasteiger partial charge in [0.05, 0.1) is 19.3 Å². The van der Waals surface area contributed by atoms with Crippen molar-refractivity contribution in [3.05, 3.63) is 76.6 Å². The van der Waals surface area contributed by atoms with Crippen LogP contribution in [0, 0.1) is 11.6 Å². The van der Waals surface area contributed by atoms with Crippen LogP contribution in [0.1, 0.15) is 0 Å². The number of ether oxygens (including phenoxy) is 1. The van der Waals surface area contributed by atoms with Gasteiger partial charge in [-0.25, -0.2) is 26.6 Å². The molecule has 0 spiro atoms. The van der Waals surface area contributed by atoms with Gasteiger partial charge >= 0.3 is 0 Å². The van der Waals surface area contributed by atoms with Gasteiger partial charge in [-0.15, -0.1) is 0 Å². The van der Waals surface area contributed by atoms with E-state index in [-0.39, 0.29) is 13.1 Å². The molecule has 0 saturated carbocycles. The van der Waals surface area contributed by atoms with Crippen molar-refractivity contribution in [2.45, 2.75) is 11.4 Å². The molecule has 0 amide bonds. The number of halogens is 2. The van der Waals surface area contributed by atoms with E-state index in [1.807, 2.05) is 0 Å². The molecule has 0 bridgehead atoms. The molecule has 0 atom stereocenters. The van der Waals surface area contributed by atoms with Gasteiger partial charge in [0, 0.05) is 18.2 Å². The molecular formula is C19H17F2N3O4S. The van der Waals surface area contributed by atoms with Gasteiger partial charge in [-0.05, 0) is 48.5 Å². The molecule has 152 valence electrons. The molecule has 29 heavy (non-hydrogen) atoms. The topological polar surface area (TPSA) is 90.3 Å². The fraction of sp³-hybridized carbons (Fsp3) is 0.158. The minimum atomic E-state index is -4.29. The molecule has 7 nitrogen and oxygen atoms in total. The van der Waals surface area contributed by atoms with E-state index in [0.717, 1.165) is 22.4 Å². The van der Waals surface area contributed by atoms with E-state index < -0.39 is 32.1 Å². The van der Waals surface area contributed by atoms with Crippen molar-refractivity contribution in [2.75, 3.05) is 13.7 Å². The van der Waals surface area contributed by atoms with E-state index >= 15 is 0 Å². The Morgan fingerprint density at radius 1 is 1.07 bits per heavy atom. The van der Waals surface area contributed by atoms with Gasteiger partial charge in [-0.3, -0.25) is 4.79 Å². The summed E-state index contributed by atoms with van der Waals surface area (Å²) >= 11 is 0. The van der Waals surface area contributed by atoms with Crippen LogP contribution in [0.2, 0.25) is 0 Å². The van der Waals surface area contributed by atoms with Crippen molar-refractivity contribution in [2.24, 2.45) is 0 Å². The van der Waals surface area contributed by atoms with E-state index in [0.29, 0.717) is 17.5 Å². The van der Waals surface area contributed by atoms with Crippen molar-refractivity contribution in [3.63, 3.8) is 0 Å². The highest BCUT2D eigenvalue weighted by Crippen LogP contribution is 2.19. The van der Waals surface area contributed by atoms with Crippen LogP contribution in [0.3, 0.4) is 0 Å². The summed E-state index contributed by atoms with van der Waals surface area (Å²) in [6, 6.07) is 12.0. The van der Waals surface area contributed by atoms with Crippen LogP contribution in [0.5, 0.6) is 5.75 Å². The molecule has 0 fully saturated rings. The molecule has 0 aliphatic rings. The Bertz CT molecular complexity index is 1180. The summed E-state index contributed by atoms with van der Waals surface area (Å²) in [7, 11) is -2.74. The van der Waals surface area contributed by atoms with E-state index in [4.69, 9.17) is 4.74 Å². The minimum Gasteiger partial charge on any atom is -0.497 e. The average molecular weight is 421 g/mol. The lowest BCUT2D eigenvalue weighted by Gasteiger charge is -2.10. The maximum absolute atomic E-state index is 13.7. The molecule has 3 rings (SSSR count). The van der Waals surface area contributed by atoms with Crippen molar-refractivity contribution >= 4 is 10.0 Å². The zero-order valence-electron chi connectivity index (χ0n) is 15.3. The number of benzene rings is 2. The lowest BCUT2D eigenvalue weighted by atomic mass is 10.1. The summed E-state index contributed by atoms with van der Waals surface area (Å²) in [5, 5.41) is 4.22. The SMILES string of the molecule is COc1ccc(-c2ccc(=O)n(CCNS(=O)(=O)c3cc(F)ccc3F)n2)cc1. The molecule has 3 aromatic rings. The highest BCUT2D eigenvalue weighted by molar-refractivity contribution is 7.89. The summed E-state index contributed by atoms with van der Waals surface area (Å²) in [6.45, 7) is -0.337. The van der Waals surface area contributed by atoms with Crippen molar-refractivity contribution in [1.82, 2.24) is 14.5 Å². The summed E-state index contributed by atoms with van der Waals surface area (Å²) < 4.78 is 59.7. The van der Waals surface area contributed by atoms with Crippen LogP contribution in [-0.2, 0) is 16.6 Å². The standard InChI is InChI=1S/C19H17F2N3O4S/c1-28-15-5-2-13(3-6-15)17-8-9-19(25)24(23-17)11-10-22-29(26,27)18-12-14(20)4-7-16(18)21/h2-9,12,22H,10-11H2,1H3. The molecule has 10 heteroatoms. The fourth-order valence-electron chi connectivity index (χ4n) is 2.57. The quantitative estimate of drug-likeness (QED) is 0.632. The third kappa shape index (κ3) is 4.84. The predicted octanol–water partition coefficient (Wildman–Crippen LogP) is 2.18. The first kappa shape index (κ1) is 20.6. The lowest BCUT2D eigenvalue weighted by Crippen LogP contribution is -2.32. The normalized spacial score (nSPS) is 11.4. The number of sulfonamides is 1. The largest absolute Gasteiger partial charge is 0.497 e. The summed E-state index contributed by atoms with van der Waals surface area (Å²) in [4.78, 5) is 11.2. The van der Waals surface area contributed by atoms with Crippen molar-refractivity contribution in [3.8, 4) is 17.0 Å². The first-order valence-corrected chi connectivity index (χ1v) is 9.96. The van der Waals surface area contributed by atoms with Gasteiger partial charge in [0.25, 0.3) is 5.56 Å². The monoisotopic (exact) mass is 421 g/mol. The first-order valence-electron chi connectivity index (χ1n) is 8.47. The second-order valence-corrected chi connectivity index (χ2v) is 7.72. The van der Waals surface area contributed by atoms with Crippen LogP contribution in [0.25, 0.3) is 11.3 Å². The lowest BCUT2D eigenvalue weighted by molar-refractivity contribution is 0.415. The number of nitrogens with one attached hydrogen (secondary N) is 1. The second kappa shape index (κ2) is 8.50. The molecule has 0 radical (unpaired) electrons. The number of aromatic nitrogens is 2. The fourth-order valence-corrected chi connectivity index (χ4v) is 3.68. The second-order valence-electron chi connectivity index (χ2n) is 5.98. The number of rotatable bonds is 7. The Hall–Kier alpha value is -3.11. The summed E-state index contributed by atoms with van der Waals surface area (Å²) in [5.74, 6) is -1.28. The number of hydrogen-bond donors (Lipinski definition) is 1. The first-order chi connectivity index (χ1) is 13.8. The molecule has 0 unspecified atom stereocenters. The van der Waals surface area contributed by atoms with E-state index in [1.165, 1.54) is 6.07 Å². The Kier molecular flexibility index (Phi) is 6.04. The number of nitrogens with zero attached hydrogens (tertiary/aromatic N) is 2. The van der Waals surface area contributed by atoms with Gasteiger partial charge < -0.3 is 4.74 Å². The Morgan fingerprint density at radius 3 is 2.48 bits per heavy atom. The van der Waals surface area contributed by atoms with E-state index in [1.54, 1.807) is 37.4 Å². The van der Waals surface area contributed by atoms with Crippen LogP contribution >= 0.6 is 0 Å². The molecule has 1 N–H and O–H groups in total. The van der Waals surface area contributed by atoms with Gasteiger partial charge in [0.1, 0.15) is 22.3 Å².